The van der Waals surface area contributed by atoms with Crippen molar-refractivity contribution in [3.8, 4) is 5.75 Å². The van der Waals surface area contributed by atoms with Crippen LogP contribution >= 0.6 is 0 Å². The molecule has 9 heteroatoms. The molecule has 0 spiro atoms. The van der Waals surface area contributed by atoms with E-state index in [9.17, 15) is 18.0 Å². The Kier molecular flexibility index (Phi) is 8.31. The summed E-state index contributed by atoms with van der Waals surface area (Å²) in [4.78, 5) is 14.9. The van der Waals surface area contributed by atoms with Crippen molar-refractivity contribution in [3.05, 3.63) is 58.4 Å². The van der Waals surface area contributed by atoms with Gasteiger partial charge in [-0.15, -0.1) is 0 Å². The van der Waals surface area contributed by atoms with Crippen LogP contribution in [0.25, 0.3) is 0 Å². The second kappa shape index (κ2) is 10.8. The van der Waals surface area contributed by atoms with Crippen molar-refractivity contribution >= 4 is 16.8 Å². The van der Waals surface area contributed by atoms with E-state index in [1.54, 1.807) is 24.3 Å². The second-order valence-electron chi connectivity index (χ2n) is 8.87. The van der Waals surface area contributed by atoms with Gasteiger partial charge in [-0.05, 0) is 85.3 Å². The number of ether oxygens (including phenoxy) is 1. The molecule has 33 heavy (non-hydrogen) atoms. The minimum Gasteiger partial charge on any atom is -0.435 e. The van der Waals surface area contributed by atoms with Crippen molar-refractivity contribution in [1.82, 2.24) is 4.90 Å². The Labute approximate surface area is 195 Å². The fourth-order valence-electron chi connectivity index (χ4n) is 3.86. The highest BCUT2D eigenvalue weighted by atomic mass is 32.2. The number of nitrogens with two attached hydrogens (primary N) is 1. The van der Waals surface area contributed by atoms with Gasteiger partial charge in [-0.3, -0.25) is 9.93 Å². The van der Waals surface area contributed by atoms with Crippen LogP contribution in [0.1, 0.15) is 60.8 Å². The van der Waals surface area contributed by atoms with Crippen molar-refractivity contribution in [2.24, 2.45) is 9.50 Å². The van der Waals surface area contributed by atoms with Crippen LogP contribution in [0.5, 0.6) is 5.75 Å². The monoisotopic (exact) mass is 481 g/mol. The molecule has 1 fully saturated rings. The summed E-state index contributed by atoms with van der Waals surface area (Å²) in [5.41, 5.74) is 3.19. The molecule has 0 bridgehead atoms. The normalized spacial score (nSPS) is 15.0. The molecule has 1 atom stereocenters. The number of hydrogen-bond donors (Lipinski definition) is 1. The van der Waals surface area contributed by atoms with Gasteiger partial charge in [0.1, 0.15) is 11.6 Å². The third-order valence-electron chi connectivity index (χ3n) is 5.41. The predicted molar refractivity (Wildman–Crippen MR) is 124 cm³/mol. The molecule has 2 N–H and O–H groups in total. The average Bonchev–Trinajstić information content (AvgIpc) is 3.52. The largest absolute Gasteiger partial charge is 0.435 e. The molecule has 3 rings (SSSR count). The van der Waals surface area contributed by atoms with Gasteiger partial charge in [0.05, 0.1) is 11.3 Å². The average molecular weight is 482 g/mol. The molecule has 0 radical (unpaired) electrons. The zero-order valence-corrected chi connectivity index (χ0v) is 20.1. The summed E-state index contributed by atoms with van der Waals surface area (Å²) in [7, 11) is 2.34. The summed E-state index contributed by atoms with van der Waals surface area (Å²) in [5, 5.41) is 6.08. The van der Waals surface area contributed by atoms with Crippen LogP contribution in [0, 0.1) is 5.82 Å². The highest BCUT2D eigenvalue weighted by molar-refractivity contribution is 7.85. The molecule has 5 nitrogen and oxygen atoms in total. The third kappa shape index (κ3) is 6.88. The molecular formula is C24H30F3N3O2S. The van der Waals surface area contributed by atoms with Crippen LogP contribution in [0.3, 0.4) is 0 Å². The Morgan fingerprint density at radius 3 is 2.48 bits per heavy atom. The number of carbonyl (C=O) groups is 1. The molecule has 2 aromatic rings. The zero-order valence-electron chi connectivity index (χ0n) is 19.3. The Hall–Kier alpha value is -2.23. The molecule has 0 heterocycles. The molecule has 2 aromatic carbocycles. The topological polar surface area (TPSA) is 67.9 Å². The van der Waals surface area contributed by atoms with E-state index < -0.39 is 29.2 Å². The maximum Gasteiger partial charge on any atom is 0.387 e. The van der Waals surface area contributed by atoms with Crippen molar-refractivity contribution in [3.63, 3.8) is 0 Å². The molecule has 1 saturated carbocycles. The summed E-state index contributed by atoms with van der Waals surface area (Å²) in [5.74, 6) is -0.661. The Morgan fingerprint density at radius 1 is 1.24 bits per heavy atom. The molecule has 1 unspecified atom stereocenters. The summed E-state index contributed by atoms with van der Waals surface area (Å²) < 4.78 is 48.9. The van der Waals surface area contributed by atoms with Gasteiger partial charge in [0.2, 0.25) is 0 Å². The minimum absolute atomic E-state index is 0.00988. The van der Waals surface area contributed by atoms with Gasteiger partial charge >= 0.3 is 6.61 Å². The first-order valence-electron chi connectivity index (χ1n) is 10.8. The van der Waals surface area contributed by atoms with Crippen LogP contribution in [0.4, 0.5) is 13.2 Å². The van der Waals surface area contributed by atoms with Gasteiger partial charge in [0, 0.05) is 17.4 Å². The number of benzene rings is 2. The maximum atomic E-state index is 14.6. The standard InChI is InChI=1S/C24H30F3N3O2S/c1-14(2)18-10-17(32-24(26)27)11-19(16-6-7-16)20(18)12-23(31)29-33(28)22-8-5-15(9-21(22)25)13-30(3)4/h5,8-11,14,16,24H,6-7,12-13H2,1-4H3,(H2,28,29,31). The van der Waals surface area contributed by atoms with E-state index in [-0.39, 0.29) is 28.9 Å². The van der Waals surface area contributed by atoms with Gasteiger partial charge in [0.25, 0.3) is 5.91 Å². The highest BCUT2D eigenvalue weighted by Gasteiger charge is 2.30. The number of rotatable bonds is 9. The van der Waals surface area contributed by atoms with Gasteiger partial charge in [0.15, 0.2) is 0 Å². The third-order valence-corrected chi connectivity index (χ3v) is 6.59. The number of amides is 1. The van der Waals surface area contributed by atoms with Gasteiger partial charge in [-0.1, -0.05) is 19.9 Å². The van der Waals surface area contributed by atoms with E-state index in [1.165, 1.54) is 6.07 Å². The Balaban J connectivity index is 1.88. The van der Waals surface area contributed by atoms with Crippen molar-refractivity contribution in [2.75, 3.05) is 14.1 Å². The van der Waals surface area contributed by atoms with Crippen LogP contribution < -0.4 is 9.88 Å². The number of nitrogens with zero attached hydrogens (tertiary/aromatic N) is 2. The summed E-state index contributed by atoms with van der Waals surface area (Å²) in [6.45, 7) is 1.53. The summed E-state index contributed by atoms with van der Waals surface area (Å²) in [6.07, 6.45) is 1.84. The van der Waals surface area contributed by atoms with E-state index in [0.29, 0.717) is 6.54 Å². The van der Waals surface area contributed by atoms with Crippen LogP contribution in [0.2, 0.25) is 0 Å². The highest BCUT2D eigenvalue weighted by Crippen LogP contribution is 2.45. The SMILES string of the molecule is CC(C)c1cc(OC(F)F)cc(C2CC2)c1CC(=O)N=S(N)c1ccc(CN(C)C)cc1F. The number of hydrogen-bond acceptors (Lipinski definition) is 3. The fourth-order valence-corrected chi connectivity index (χ4v) is 4.71. The van der Waals surface area contributed by atoms with Crippen molar-refractivity contribution in [2.45, 2.75) is 63.0 Å². The van der Waals surface area contributed by atoms with E-state index in [0.717, 1.165) is 35.1 Å². The summed E-state index contributed by atoms with van der Waals surface area (Å²) in [6, 6.07) is 7.92. The van der Waals surface area contributed by atoms with Crippen molar-refractivity contribution in [1.29, 1.82) is 0 Å². The molecular weight excluding hydrogens is 451 g/mol. The molecule has 1 aliphatic rings. The minimum atomic E-state index is -2.92. The number of carbonyl (C=O) groups excluding carboxylic acids is 1. The van der Waals surface area contributed by atoms with Gasteiger partial charge in [-0.25, -0.2) is 4.39 Å². The van der Waals surface area contributed by atoms with Gasteiger partial charge in [-0.2, -0.15) is 13.1 Å². The lowest BCUT2D eigenvalue weighted by Gasteiger charge is -2.19. The lowest BCUT2D eigenvalue weighted by Crippen LogP contribution is -2.14. The summed E-state index contributed by atoms with van der Waals surface area (Å²) >= 11 is 0. The first-order chi connectivity index (χ1) is 15.5. The van der Waals surface area contributed by atoms with Crippen molar-refractivity contribution < 1.29 is 22.7 Å². The predicted octanol–water partition coefficient (Wildman–Crippen LogP) is 5.29. The molecule has 0 saturated heterocycles. The molecule has 0 aliphatic heterocycles. The van der Waals surface area contributed by atoms with Crippen LogP contribution in [0.15, 0.2) is 39.6 Å². The zero-order chi connectivity index (χ0) is 24.3. The lowest BCUT2D eigenvalue weighted by molar-refractivity contribution is -0.117. The van der Waals surface area contributed by atoms with Crippen LogP contribution in [-0.2, 0) is 28.6 Å². The molecule has 180 valence electrons. The lowest BCUT2D eigenvalue weighted by atomic mass is 9.89. The second-order valence-corrected chi connectivity index (χ2v) is 10.1. The first kappa shape index (κ1) is 25.4. The van der Waals surface area contributed by atoms with E-state index in [1.807, 2.05) is 32.8 Å². The van der Waals surface area contributed by atoms with E-state index >= 15 is 0 Å². The quantitative estimate of drug-likeness (QED) is 0.528. The van der Waals surface area contributed by atoms with Crippen LogP contribution in [-0.4, -0.2) is 31.5 Å². The molecule has 1 aliphatic carbocycles. The van der Waals surface area contributed by atoms with Gasteiger partial charge < -0.3 is 9.64 Å². The smallest absolute Gasteiger partial charge is 0.387 e. The number of halogens is 3. The number of alkyl halides is 2. The van der Waals surface area contributed by atoms with E-state index in [2.05, 4.69) is 9.10 Å². The maximum absolute atomic E-state index is 14.6. The van der Waals surface area contributed by atoms with E-state index in [4.69, 9.17) is 5.14 Å². The fraction of sp³-hybridized carbons (Fsp3) is 0.458. The molecule has 0 aromatic heterocycles. The molecule has 1 amide bonds. The first-order valence-corrected chi connectivity index (χ1v) is 12.1. The Morgan fingerprint density at radius 2 is 1.94 bits per heavy atom. The Bertz CT molecular complexity index is 1030.